The lowest BCUT2D eigenvalue weighted by molar-refractivity contribution is 0.0938. The van der Waals surface area contributed by atoms with Gasteiger partial charge in [-0.1, -0.05) is 12.1 Å². The first-order chi connectivity index (χ1) is 11.6. The van der Waals surface area contributed by atoms with E-state index in [0.717, 1.165) is 30.2 Å². The van der Waals surface area contributed by atoms with Gasteiger partial charge in [0.05, 0.1) is 24.5 Å². The van der Waals surface area contributed by atoms with Crippen LogP contribution in [0.15, 0.2) is 30.3 Å². The Bertz CT molecular complexity index is 692. The van der Waals surface area contributed by atoms with Crippen molar-refractivity contribution in [3.05, 3.63) is 47.3 Å². The Kier molecular flexibility index (Phi) is 5.15. The molecule has 1 fully saturated rings. The average Bonchev–Trinajstić information content (AvgIpc) is 3.00. The fourth-order valence-electron chi connectivity index (χ4n) is 2.99. The van der Waals surface area contributed by atoms with Gasteiger partial charge in [0.25, 0.3) is 5.91 Å². The number of rotatable bonds is 5. The van der Waals surface area contributed by atoms with Crippen LogP contribution in [0, 0.1) is 6.92 Å². The van der Waals surface area contributed by atoms with E-state index in [9.17, 15) is 4.79 Å². The smallest absolute Gasteiger partial charge is 0.253 e. The third-order valence-electron chi connectivity index (χ3n) is 4.15. The molecule has 3 rings (SSSR count). The van der Waals surface area contributed by atoms with Crippen molar-refractivity contribution in [1.82, 2.24) is 15.5 Å². The number of benzene rings is 1. The van der Waals surface area contributed by atoms with Gasteiger partial charge < -0.3 is 15.0 Å². The van der Waals surface area contributed by atoms with E-state index in [0.29, 0.717) is 25.2 Å². The van der Waals surface area contributed by atoms with Gasteiger partial charge in [0.1, 0.15) is 0 Å². The SMILES string of the molecule is Cc1cc(CC(C)NC(=O)c2ccccc2N2CCOCC2)n[nH]1. The number of carbonyl (C=O) groups is 1. The first kappa shape index (κ1) is 16.5. The van der Waals surface area contributed by atoms with Crippen LogP contribution in [0.2, 0.25) is 0 Å². The Morgan fingerprint density at radius 2 is 2.12 bits per heavy atom. The normalized spacial score (nSPS) is 16.0. The number of carbonyl (C=O) groups excluding carboxylic acids is 1. The lowest BCUT2D eigenvalue weighted by Gasteiger charge is -2.30. The molecule has 24 heavy (non-hydrogen) atoms. The molecule has 1 aromatic heterocycles. The molecule has 6 heteroatoms. The third kappa shape index (κ3) is 3.94. The highest BCUT2D eigenvalue weighted by Crippen LogP contribution is 2.21. The van der Waals surface area contributed by atoms with Crippen molar-refractivity contribution >= 4 is 11.6 Å². The molecular formula is C18H24N4O2. The van der Waals surface area contributed by atoms with Crippen LogP contribution in [0.5, 0.6) is 0 Å². The third-order valence-corrected chi connectivity index (χ3v) is 4.15. The molecule has 1 aromatic carbocycles. The summed E-state index contributed by atoms with van der Waals surface area (Å²) in [7, 11) is 0. The Hall–Kier alpha value is -2.34. The molecule has 0 bridgehead atoms. The fourth-order valence-corrected chi connectivity index (χ4v) is 2.99. The summed E-state index contributed by atoms with van der Waals surface area (Å²) in [6, 6.07) is 9.77. The summed E-state index contributed by atoms with van der Waals surface area (Å²) >= 11 is 0. The average molecular weight is 328 g/mol. The number of aromatic amines is 1. The number of H-pyrrole nitrogens is 1. The first-order valence-electron chi connectivity index (χ1n) is 8.37. The van der Waals surface area contributed by atoms with E-state index in [2.05, 4.69) is 20.4 Å². The van der Waals surface area contributed by atoms with Crippen LogP contribution in [-0.4, -0.2) is 48.4 Å². The predicted octanol–water partition coefficient (Wildman–Crippen LogP) is 1.92. The number of hydrogen-bond donors (Lipinski definition) is 2. The fraction of sp³-hybridized carbons (Fsp3) is 0.444. The molecule has 1 aliphatic rings. The van der Waals surface area contributed by atoms with E-state index in [1.165, 1.54) is 0 Å². The summed E-state index contributed by atoms with van der Waals surface area (Å²) in [4.78, 5) is 14.9. The van der Waals surface area contributed by atoms with Crippen LogP contribution in [0.3, 0.4) is 0 Å². The molecule has 2 N–H and O–H groups in total. The second kappa shape index (κ2) is 7.49. The number of ether oxygens (including phenoxy) is 1. The van der Waals surface area contributed by atoms with Crippen molar-refractivity contribution in [2.75, 3.05) is 31.2 Å². The molecule has 0 spiro atoms. The number of morpholine rings is 1. The number of amides is 1. The van der Waals surface area contributed by atoms with Gasteiger partial charge in [-0.3, -0.25) is 9.89 Å². The minimum Gasteiger partial charge on any atom is -0.378 e. The van der Waals surface area contributed by atoms with E-state index < -0.39 is 0 Å². The van der Waals surface area contributed by atoms with Crippen molar-refractivity contribution in [2.45, 2.75) is 26.3 Å². The monoisotopic (exact) mass is 328 g/mol. The molecule has 0 saturated carbocycles. The van der Waals surface area contributed by atoms with Gasteiger partial charge in [-0.05, 0) is 32.0 Å². The minimum atomic E-state index is -0.0446. The van der Waals surface area contributed by atoms with Crippen molar-refractivity contribution in [3.8, 4) is 0 Å². The first-order valence-corrected chi connectivity index (χ1v) is 8.37. The molecule has 2 aromatic rings. The Balaban J connectivity index is 1.68. The van der Waals surface area contributed by atoms with Crippen LogP contribution in [0.1, 0.15) is 28.7 Å². The highest BCUT2D eigenvalue weighted by Gasteiger charge is 2.19. The maximum absolute atomic E-state index is 12.7. The second-order valence-electron chi connectivity index (χ2n) is 6.24. The molecule has 6 nitrogen and oxygen atoms in total. The lowest BCUT2D eigenvalue weighted by atomic mass is 10.1. The predicted molar refractivity (Wildman–Crippen MR) is 93.4 cm³/mol. The van der Waals surface area contributed by atoms with Gasteiger partial charge in [0.15, 0.2) is 0 Å². The molecule has 1 aliphatic heterocycles. The molecule has 128 valence electrons. The van der Waals surface area contributed by atoms with Crippen molar-refractivity contribution < 1.29 is 9.53 Å². The number of hydrogen-bond acceptors (Lipinski definition) is 4. The van der Waals surface area contributed by atoms with Gasteiger partial charge in [0, 0.05) is 36.9 Å². The van der Waals surface area contributed by atoms with E-state index in [1.807, 2.05) is 44.2 Å². The number of para-hydroxylation sites is 1. The Morgan fingerprint density at radius 3 is 2.83 bits per heavy atom. The molecule has 2 heterocycles. The molecule has 1 saturated heterocycles. The maximum Gasteiger partial charge on any atom is 0.253 e. The molecule has 0 radical (unpaired) electrons. The summed E-state index contributed by atoms with van der Waals surface area (Å²) < 4.78 is 5.40. The summed E-state index contributed by atoms with van der Waals surface area (Å²) in [5, 5.41) is 10.2. The van der Waals surface area contributed by atoms with E-state index in [-0.39, 0.29) is 11.9 Å². The lowest BCUT2D eigenvalue weighted by Crippen LogP contribution is -2.39. The summed E-state index contributed by atoms with van der Waals surface area (Å²) in [5.41, 5.74) is 3.67. The van der Waals surface area contributed by atoms with Crippen LogP contribution in [-0.2, 0) is 11.2 Å². The second-order valence-corrected chi connectivity index (χ2v) is 6.24. The van der Waals surface area contributed by atoms with Crippen molar-refractivity contribution in [1.29, 1.82) is 0 Å². The summed E-state index contributed by atoms with van der Waals surface area (Å²) in [6.45, 7) is 6.99. The maximum atomic E-state index is 12.7. The van der Waals surface area contributed by atoms with Crippen LogP contribution in [0.4, 0.5) is 5.69 Å². The summed E-state index contributed by atoms with van der Waals surface area (Å²) in [6.07, 6.45) is 0.704. The highest BCUT2D eigenvalue weighted by atomic mass is 16.5. The Morgan fingerprint density at radius 1 is 1.38 bits per heavy atom. The van der Waals surface area contributed by atoms with Gasteiger partial charge >= 0.3 is 0 Å². The molecular weight excluding hydrogens is 304 g/mol. The quantitative estimate of drug-likeness (QED) is 0.880. The topological polar surface area (TPSA) is 70.2 Å². The van der Waals surface area contributed by atoms with Crippen LogP contribution in [0.25, 0.3) is 0 Å². The largest absolute Gasteiger partial charge is 0.378 e. The molecule has 0 aliphatic carbocycles. The number of aryl methyl sites for hydroxylation is 1. The number of nitrogens with zero attached hydrogens (tertiary/aromatic N) is 2. The number of anilines is 1. The van der Waals surface area contributed by atoms with Gasteiger partial charge in [-0.2, -0.15) is 5.10 Å². The zero-order valence-corrected chi connectivity index (χ0v) is 14.2. The van der Waals surface area contributed by atoms with E-state index in [4.69, 9.17) is 4.74 Å². The molecule has 1 unspecified atom stereocenters. The summed E-state index contributed by atoms with van der Waals surface area (Å²) in [5.74, 6) is -0.0446. The number of nitrogens with one attached hydrogen (secondary N) is 2. The molecule has 1 atom stereocenters. The zero-order valence-electron chi connectivity index (χ0n) is 14.2. The van der Waals surface area contributed by atoms with Crippen LogP contribution >= 0.6 is 0 Å². The molecule has 1 amide bonds. The van der Waals surface area contributed by atoms with E-state index in [1.54, 1.807) is 0 Å². The van der Waals surface area contributed by atoms with Gasteiger partial charge in [0.2, 0.25) is 0 Å². The standard InChI is InChI=1S/C18H24N4O2/c1-13(11-15-12-14(2)20-21-15)19-18(23)16-5-3-4-6-17(16)22-7-9-24-10-8-22/h3-6,12-13H,7-11H2,1-2H3,(H,19,23)(H,20,21). The van der Waals surface area contributed by atoms with E-state index >= 15 is 0 Å². The van der Waals surface area contributed by atoms with Crippen molar-refractivity contribution in [2.24, 2.45) is 0 Å². The minimum absolute atomic E-state index is 0.0120. The van der Waals surface area contributed by atoms with Gasteiger partial charge in [-0.25, -0.2) is 0 Å². The highest BCUT2D eigenvalue weighted by molar-refractivity contribution is 6.00. The Labute approximate surface area is 142 Å². The zero-order chi connectivity index (χ0) is 16.9. The number of aromatic nitrogens is 2. The van der Waals surface area contributed by atoms with Crippen molar-refractivity contribution in [3.63, 3.8) is 0 Å². The van der Waals surface area contributed by atoms with Crippen LogP contribution < -0.4 is 10.2 Å². The van der Waals surface area contributed by atoms with Gasteiger partial charge in [-0.15, -0.1) is 0 Å².